The van der Waals surface area contributed by atoms with Crippen LogP contribution >= 0.6 is 0 Å². The van der Waals surface area contributed by atoms with Gasteiger partial charge in [0, 0.05) is 22.3 Å². The van der Waals surface area contributed by atoms with Gasteiger partial charge < -0.3 is 58.3 Å². The highest BCUT2D eigenvalue weighted by molar-refractivity contribution is 5.92. The molecule has 16 nitrogen and oxygen atoms in total. The van der Waals surface area contributed by atoms with E-state index in [1.807, 2.05) is 24.3 Å². The minimum absolute atomic E-state index is 0.0866. The Balaban J connectivity index is 1.12. The highest BCUT2D eigenvalue weighted by atomic mass is 16.6. The lowest BCUT2D eigenvalue weighted by Crippen LogP contribution is -2.16. The summed E-state index contributed by atoms with van der Waals surface area (Å²) in [6.45, 7) is 1.80. The molecule has 0 amide bonds. The molecule has 0 radical (unpaired) electrons. The van der Waals surface area contributed by atoms with E-state index in [0.717, 1.165) is 0 Å². The molecular weight excluding hydrogens is 881 g/mol. The van der Waals surface area contributed by atoms with Crippen molar-refractivity contribution in [3.8, 4) is 67.5 Å². The molecule has 0 saturated carbocycles. The predicted octanol–water partition coefficient (Wildman–Crippen LogP) is 8.44. The summed E-state index contributed by atoms with van der Waals surface area (Å²) in [5.74, 6) is -2.81. The average molecular weight is 929 g/mol. The largest absolute Gasteiger partial charge is 0.487 e. The Hall–Kier alpha value is -7.76. The molecule has 0 bridgehead atoms. The molecule has 0 fully saturated rings. The number of rotatable bonds is 8. The molecule has 0 spiro atoms. The minimum Gasteiger partial charge on any atom is -0.487 e. The van der Waals surface area contributed by atoms with E-state index in [9.17, 15) is 39.6 Å². The molecule has 0 aromatic heterocycles. The number of fused-ring (bicyclic) bond motifs is 2. The lowest BCUT2D eigenvalue weighted by atomic mass is 9.96. The molecule has 6 aromatic carbocycles. The molecule has 4 N–H and O–H groups in total. The van der Waals surface area contributed by atoms with Crippen molar-refractivity contribution in [2.75, 3.05) is 79.3 Å². The van der Waals surface area contributed by atoms with Gasteiger partial charge in [-0.1, -0.05) is 48.5 Å². The van der Waals surface area contributed by atoms with Gasteiger partial charge >= 0.3 is 23.9 Å². The van der Waals surface area contributed by atoms with Crippen LogP contribution in [0.2, 0.25) is 0 Å². The van der Waals surface area contributed by atoms with Gasteiger partial charge in [0.25, 0.3) is 0 Å². The maximum absolute atomic E-state index is 11.6. The van der Waals surface area contributed by atoms with Gasteiger partial charge in [-0.3, -0.25) is 0 Å². The minimum atomic E-state index is -1.06. The maximum Gasteiger partial charge on any atom is 0.335 e. The summed E-state index contributed by atoms with van der Waals surface area (Å²) >= 11 is 0. The molecule has 7 rings (SSSR count). The van der Waals surface area contributed by atoms with Gasteiger partial charge in [0.2, 0.25) is 0 Å². The summed E-state index contributed by atoms with van der Waals surface area (Å²) in [5, 5.41) is 38.1. The molecule has 1 aliphatic heterocycles. The van der Waals surface area contributed by atoms with Gasteiger partial charge in [-0.15, -0.1) is 0 Å². The average Bonchev–Trinajstić information content (AvgIpc) is 3.35. The molecule has 0 saturated heterocycles. The van der Waals surface area contributed by atoms with E-state index in [1.54, 1.807) is 48.5 Å². The number of carboxylic acids is 4. The van der Waals surface area contributed by atoms with Crippen LogP contribution in [-0.4, -0.2) is 124 Å². The Labute approximate surface area is 390 Å². The van der Waals surface area contributed by atoms with E-state index < -0.39 is 23.9 Å². The molecule has 1 aliphatic rings. The highest BCUT2D eigenvalue weighted by Gasteiger charge is 2.22. The quantitative estimate of drug-likeness (QED) is 0.112. The van der Waals surface area contributed by atoms with Gasteiger partial charge in [0.15, 0.2) is 23.0 Å². The summed E-state index contributed by atoms with van der Waals surface area (Å²) in [6.07, 6.45) is 0. The van der Waals surface area contributed by atoms with Crippen molar-refractivity contribution in [2.45, 2.75) is 0 Å². The predicted molar refractivity (Wildman–Crippen MR) is 248 cm³/mol. The number of ether oxygens (including phenoxy) is 8. The van der Waals surface area contributed by atoms with Crippen molar-refractivity contribution in [1.29, 1.82) is 0 Å². The van der Waals surface area contributed by atoms with Gasteiger partial charge in [-0.05, 0) is 95.1 Å². The summed E-state index contributed by atoms with van der Waals surface area (Å²) in [6, 6.07) is 32.8. The summed E-state index contributed by atoms with van der Waals surface area (Å²) < 4.78 is 49.2. The molecule has 0 unspecified atom stereocenters. The van der Waals surface area contributed by atoms with Crippen molar-refractivity contribution >= 4 is 23.9 Å². The Kier molecular flexibility index (Phi) is 16.7. The first kappa shape index (κ1) is 48.2. The van der Waals surface area contributed by atoms with Crippen LogP contribution in [0, 0.1) is 0 Å². The zero-order valence-corrected chi connectivity index (χ0v) is 36.7. The third kappa shape index (κ3) is 12.4. The van der Waals surface area contributed by atoms with E-state index in [1.165, 1.54) is 48.5 Å². The van der Waals surface area contributed by atoms with Crippen LogP contribution in [0.3, 0.4) is 0 Å². The van der Waals surface area contributed by atoms with Crippen molar-refractivity contribution in [3.05, 3.63) is 144 Å². The molecule has 68 heavy (non-hydrogen) atoms. The van der Waals surface area contributed by atoms with E-state index >= 15 is 0 Å². The summed E-state index contributed by atoms with van der Waals surface area (Å²) in [4.78, 5) is 46.6. The monoisotopic (exact) mass is 928 g/mol. The standard InChI is InChI=1S/C52H48O16/c53-49(54)37-9-1-33(2-10-37)41-17-18-42(34-3-11-38(12-4-34)50(55)56)46-45(41)65-29-25-61-21-22-63-27-31-67-47-43(35-5-13-39(14-6-35)51(57)58)19-20-44(36-7-15-40(16-8-36)52(59)60)48(47)68-32-28-64-24-23-62-26-30-66-46/h1-20H,21-32H2,(H,53,54)(H,55,56)(H,57,58)(H,59,60). The van der Waals surface area contributed by atoms with Crippen molar-refractivity contribution < 1.29 is 77.5 Å². The van der Waals surface area contributed by atoms with Gasteiger partial charge in [0.05, 0.1) is 75.1 Å². The lowest BCUT2D eigenvalue weighted by molar-refractivity contribution is 0.0225. The van der Waals surface area contributed by atoms with Gasteiger partial charge in [-0.25, -0.2) is 19.2 Å². The van der Waals surface area contributed by atoms with Crippen LogP contribution < -0.4 is 18.9 Å². The fourth-order valence-electron chi connectivity index (χ4n) is 7.23. The molecule has 0 atom stereocenters. The number of benzene rings is 6. The van der Waals surface area contributed by atoms with Crippen LogP contribution in [-0.2, 0) is 18.9 Å². The zero-order chi connectivity index (χ0) is 47.8. The SMILES string of the molecule is O=C(O)c1ccc(-c2ccc(-c3ccc(C(=O)O)cc3)c3c2OCCOCCOCCOc2c(-c4ccc(C(=O)O)cc4)ccc(-c4ccc(C(=O)O)cc4)c2OCCOCCOCCO3)cc1. The van der Waals surface area contributed by atoms with Gasteiger partial charge in [0.1, 0.15) is 26.4 Å². The second kappa shape index (κ2) is 23.6. The first-order chi connectivity index (χ1) is 33.1. The van der Waals surface area contributed by atoms with Crippen molar-refractivity contribution in [1.82, 2.24) is 0 Å². The number of hydrogen-bond donors (Lipinski definition) is 4. The number of aromatic carboxylic acids is 4. The lowest BCUT2D eigenvalue weighted by Gasteiger charge is -2.21. The number of hydrogen-bond acceptors (Lipinski definition) is 12. The number of carboxylic acid groups (broad SMARTS) is 4. The molecule has 16 heteroatoms. The van der Waals surface area contributed by atoms with E-state index in [0.29, 0.717) is 67.5 Å². The van der Waals surface area contributed by atoms with E-state index in [2.05, 4.69) is 0 Å². The van der Waals surface area contributed by atoms with Crippen LogP contribution in [0.4, 0.5) is 0 Å². The Morgan fingerprint density at radius 1 is 0.265 bits per heavy atom. The zero-order valence-electron chi connectivity index (χ0n) is 36.7. The number of carbonyl (C=O) groups is 4. The van der Waals surface area contributed by atoms with E-state index in [4.69, 9.17) is 37.9 Å². The fourth-order valence-corrected chi connectivity index (χ4v) is 7.23. The van der Waals surface area contributed by atoms with Gasteiger partial charge in [-0.2, -0.15) is 0 Å². The van der Waals surface area contributed by atoms with E-state index in [-0.39, 0.29) is 102 Å². The van der Waals surface area contributed by atoms with Crippen molar-refractivity contribution in [3.63, 3.8) is 0 Å². The first-order valence-electron chi connectivity index (χ1n) is 21.6. The highest BCUT2D eigenvalue weighted by Crippen LogP contribution is 2.47. The van der Waals surface area contributed by atoms with Crippen molar-refractivity contribution in [2.24, 2.45) is 0 Å². The maximum atomic E-state index is 11.6. The molecule has 6 aromatic rings. The molecule has 1 heterocycles. The third-order valence-corrected chi connectivity index (χ3v) is 10.6. The van der Waals surface area contributed by atoms with Crippen LogP contribution in [0.25, 0.3) is 44.5 Å². The second-order valence-electron chi connectivity index (χ2n) is 15.0. The molecular formula is C52H48O16. The molecule has 352 valence electrons. The smallest absolute Gasteiger partial charge is 0.335 e. The van der Waals surface area contributed by atoms with Crippen LogP contribution in [0.15, 0.2) is 121 Å². The molecule has 0 aliphatic carbocycles. The Morgan fingerprint density at radius 2 is 0.441 bits per heavy atom. The topological polar surface area (TPSA) is 223 Å². The Bertz CT molecular complexity index is 2310. The summed E-state index contributed by atoms with van der Waals surface area (Å²) in [5.41, 5.74) is 5.62. The van der Waals surface area contributed by atoms with Crippen LogP contribution in [0.5, 0.6) is 23.0 Å². The summed E-state index contributed by atoms with van der Waals surface area (Å²) in [7, 11) is 0. The second-order valence-corrected chi connectivity index (χ2v) is 15.0. The Morgan fingerprint density at radius 3 is 0.618 bits per heavy atom. The van der Waals surface area contributed by atoms with Crippen LogP contribution in [0.1, 0.15) is 41.4 Å². The fraction of sp³-hybridized carbons (Fsp3) is 0.231. The normalized spacial score (nSPS) is 14.5. The first-order valence-corrected chi connectivity index (χ1v) is 21.6. The third-order valence-electron chi connectivity index (χ3n) is 10.6.